The van der Waals surface area contributed by atoms with Gasteiger partial charge in [0.1, 0.15) is 6.04 Å². The van der Waals surface area contributed by atoms with Gasteiger partial charge in [0.25, 0.3) is 28.8 Å². The number of rotatable bonds is 19. The van der Waals surface area contributed by atoms with E-state index in [1.165, 1.54) is 51.8 Å². The molecule has 5 N–H and O–H groups in total. The Kier molecular flexibility index (Phi) is 15.8. The number of nitrogens with zero attached hydrogens (tertiary/aromatic N) is 5. The smallest absolute Gasteiger partial charge is 0.382 e. The normalized spacial score (nSPS) is 15.0. The number of carbonyl (C=O) groups is 5. The maximum absolute atomic E-state index is 14.7. The van der Waals surface area contributed by atoms with Gasteiger partial charge in [-0.3, -0.25) is 54.0 Å². The van der Waals surface area contributed by atoms with E-state index >= 15 is 0 Å². The van der Waals surface area contributed by atoms with Crippen LogP contribution >= 0.6 is 22.7 Å². The second kappa shape index (κ2) is 23.0. The van der Waals surface area contributed by atoms with Crippen LogP contribution < -0.4 is 27.1 Å². The number of H-pyrrole nitrogens is 2. The molecule has 2 atom stereocenters. The number of anilines is 1. The summed E-state index contributed by atoms with van der Waals surface area (Å²) in [6.07, 6.45) is -9.05. The van der Waals surface area contributed by atoms with E-state index in [1.54, 1.807) is 48.9 Å². The van der Waals surface area contributed by atoms with E-state index in [1.807, 2.05) is 0 Å². The first-order valence-electron chi connectivity index (χ1n) is 25.2. The maximum Gasteiger partial charge on any atom is 0.416 e. The molecule has 27 heteroatoms. The lowest BCUT2D eigenvalue weighted by Gasteiger charge is -2.27. The Morgan fingerprint density at radius 2 is 1.29 bits per heavy atom. The van der Waals surface area contributed by atoms with Crippen molar-refractivity contribution in [3.63, 3.8) is 0 Å². The summed E-state index contributed by atoms with van der Waals surface area (Å²) < 4.78 is 93.7. The third kappa shape index (κ3) is 11.4. The second-order valence-corrected chi connectivity index (χ2v) is 20.6. The molecule has 19 nitrogen and oxygen atoms in total. The molecule has 82 heavy (non-hydrogen) atoms. The number of amides is 5. The van der Waals surface area contributed by atoms with Gasteiger partial charge in [-0.2, -0.15) is 31.0 Å². The monoisotopic (exact) mass is 1170 g/mol. The Labute approximate surface area is 467 Å². The van der Waals surface area contributed by atoms with Gasteiger partial charge in [0.15, 0.2) is 0 Å². The van der Waals surface area contributed by atoms with Crippen LogP contribution in [0.4, 0.5) is 32.0 Å². The Bertz CT molecular complexity index is 3880. The molecule has 0 saturated carbocycles. The van der Waals surface area contributed by atoms with E-state index in [2.05, 4.69) is 36.1 Å². The van der Waals surface area contributed by atoms with Gasteiger partial charge < -0.3 is 20.1 Å². The zero-order valence-corrected chi connectivity index (χ0v) is 44.8. The lowest BCUT2D eigenvalue weighted by Crippen LogP contribution is -2.54. The topological polar surface area (TPSA) is 244 Å². The molecule has 2 aliphatic heterocycles. The summed E-state index contributed by atoms with van der Waals surface area (Å²) in [7, 11) is 0. The number of imide groups is 2. The largest absolute Gasteiger partial charge is 0.416 e. The van der Waals surface area contributed by atoms with Crippen molar-refractivity contribution in [2.75, 3.05) is 44.8 Å². The highest BCUT2D eigenvalue weighted by Crippen LogP contribution is 2.37. The van der Waals surface area contributed by atoms with Crippen LogP contribution in [-0.2, 0) is 31.4 Å². The molecule has 8 aromatic rings. The Morgan fingerprint density at radius 1 is 0.707 bits per heavy atom. The van der Waals surface area contributed by atoms with Crippen LogP contribution in [0.25, 0.3) is 32.8 Å². The van der Waals surface area contributed by atoms with Crippen molar-refractivity contribution in [3.8, 4) is 32.8 Å². The molecule has 2 unspecified atom stereocenters. The molecule has 2 aliphatic rings. The van der Waals surface area contributed by atoms with Crippen molar-refractivity contribution in [1.29, 1.82) is 0 Å². The number of nitrogens with one attached hydrogen (secondary N) is 5. The maximum atomic E-state index is 14.7. The van der Waals surface area contributed by atoms with Gasteiger partial charge >= 0.3 is 12.4 Å². The highest BCUT2D eigenvalue weighted by atomic mass is 32.1. The van der Waals surface area contributed by atoms with E-state index in [0.717, 1.165) is 51.8 Å². The number of carbonyl (C=O) groups excluding carboxylic acids is 5. The van der Waals surface area contributed by atoms with Crippen LogP contribution in [0.1, 0.15) is 89.0 Å². The third-order valence-corrected chi connectivity index (χ3v) is 15.4. The van der Waals surface area contributed by atoms with E-state index < -0.39 is 76.1 Å². The molecule has 1 saturated heterocycles. The lowest BCUT2D eigenvalue weighted by molar-refractivity contribution is -0.138. The first kappa shape index (κ1) is 56.5. The molecule has 0 bridgehead atoms. The minimum absolute atomic E-state index is 0.00209. The number of ether oxygens (including phenoxy) is 2. The van der Waals surface area contributed by atoms with Gasteiger partial charge in [0, 0.05) is 70.0 Å². The summed E-state index contributed by atoms with van der Waals surface area (Å²) in [5.74, 6) is -3.98. The summed E-state index contributed by atoms with van der Waals surface area (Å²) >= 11 is 2.17. The Balaban J connectivity index is 0.796. The summed E-state index contributed by atoms with van der Waals surface area (Å²) in [4.78, 5) is 103. The number of hydrogen-bond donors (Lipinski definition) is 5. The van der Waals surface area contributed by atoms with Crippen molar-refractivity contribution in [2.45, 2.75) is 51.0 Å². The number of fused-ring (bicyclic) bond motifs is 1. The number of aromatic amines is 2. The van der Waals surface area contributed by atoms with Crippen LogP contribution in [0.2, 0.25) is 0 Å². The molecular formula is C55H46F6N10O9S2. The summed E-state index contributed by atoms with van der Waals surface area (Å²) in [6.45, 7) is 4.32. The fourth-order valence-corrected chi connectivity index (χ4v) is 11.3. The highest BCUT2D eigenvalue weighted by Gasteiger charge is 2.46. The quantitative estimate of drug-likeness (QED) is 0.0294. The minimum atomic E-state index is -4.54. The second-order valence-electron chi connectivity index (χ2n) is 18.9. The Hall–Kier alpha value is -8.79. The number of alkyl halides is 6. The predicted molar refractivity (Wildman–Crippen MR) is 287 cm³/mol. The first-order valence-corrected chi connectivity index (χ1v) is 27.0. The molecule has 10 rings (SSSR count). The lowest BCUT2D eigenvalue weighted by atomic mass is 9.85. The average molecular weight is 1170 g/mol. The predicted octanol–water partition coefficient (Wildman–Crippen LogP) is 8.00. The van der Waals surface area contributed by atoms with Crippen molar-refractivity contribution < 1.29 is 59.8 Å². The SMILES string of the molecule is Cc1[nH]n(-c2nc(-c3ccc(C(F)(F)F)cc3)cs2)c(=O)c1C(c1ccc(C(=O)NCCOCCOCCNc2cccc3c2C(=O)N(C2CCC(=O)NC2=O)C3=O)cc1)c1c(C)n(-c2nc(-c3ccc(C(F)(F)F)cc3)cs2)[nH]c1=O. The number of halogens is 6. The van der Waals surface area contributed by atoms with Crippen LogP contribution in [0, 0.1) is 13.8 Å². The molecule has 1 fully saturated rings. The number of aromatic nitrogens is 6. The van der Waals surface area contributed by atoms with Gasteiger partial charge in [-0.15, -0.1) is 22.7 Å². The number of piperidine rings is 1. The van der Waals surface area contributed by atoms with E-state index in [9.17, 15) is 59.9 Å². The minimum Gasteiger partial charge on any atom is -0.382 e. The number of benzene rings is 4. The molecule has 0 radical (unpaired) electrons. The molecule has 0 aliphatic carbocycles. The van der Waals surface area contributed by atoms with Crippen molar-refractivity contribution in [3.05, 3.63) is 178 Å². The molecule has 0 spiro atoms. The standard InChI is InChI=1S/C55H46F6N10O9S2/c1-28-42(51(78)71(67-28)53-65-39(27-82-53)31-12-16-35(17-13-31)55(59,60)61)44(43-29(2)70(68-48(43)75)52-64-38(26-81-52)30-10-14-34(15-11-30)54(56,57)58)32-6-8-33(9-7-32)46(73)63-21-23-80-25-24-79-22-20-62-37-5-3-4-36-45(37)50(77)69(49(36)76)40-18-19-41(72)66-47(40)74/h3-17,26-27,40,44,62,67H,18-25H2,1-2H3,(H,63,73)(H,68,75)(H,66,72,74). The molecule has 4 aromatic carbocycles. The van der Waals surface area contributed by atoms with E-state index in [-0.39, 0.29) is 90.4 Å². The summed E-state index contributed by atoms with van der Waals surface area (Å²) in [6, 6.07) is 18.8. The zero-order valence-electron chi connectivity index (χ0n) is 43.1. The number of thiazole rings is 2. The zero-order chi connectivity index (χ0) is 58.2. The molecule has 6 heterocycles. The van der Waals surface area contributed by atoms with Gasteiger partial charge in [0.05, 0.1) is 71.2 Å². The van der Waals surface area contributed by atoms with E-state index in [4.69, 9.17) is 9.47 Å². The summed E-state index contributed by atoms with van der Waals surface area (Å²) in [5, 5.41) is 17.5. The van der Waals surface area contributed by atoms with Gasteiger partial charge in [-0.1, -0.05) is 42.5 Å². The number of aryl methyl sites for hydroxylation is 1. The fraction of sp³-hybridized carbons (Fsp3) is 0.255. The molecule has 4 aromatic heterocycles. The van der Waals surface area contributed by atoms with Gasteiger partial charge in [-0.25, -0.2) is 14.6 Å². The van der Waals surface area contributed by atoms with Crippen LogP contribution in [0.5, 0.6) is 0 Å². The van der Waals surface area contributed by atoms with Crippen molar-refractivity contribution in [1.82, 2.24) is 45.1 Å². The molecule has 5 amide bonds. The summed E-state index contributed by atoms with van der Waals surface area (Å²) in [5.41, 5.74) is 0.810. The van der Waals surface area contributed by atoms with E-state index in [0.29, 0.717) is 45.2 Å². The fourth-order valence-electron chi connectivity index (χ4n) is 9.64. The molecular weight excluding hydrogens is 1120 g/mol. The van der Waals surface area contributed by atoms with Crippen LogP contribution in [-0.4, -0.2) is 110 Å². The first-order chi connectivity index (χ1) is 39.2. The molecule has 424 valence electrons. The van der Waals surface area contributed by atoms with Gasteiger partial charge in [0.2, 0.25) is 22.1 Å². The average Bonchev–Trinajstić information content (AvgIpc) is 4.50. The highest BCUT2D eigenvalue weighted by molar-refractivity contribution is 7.12. The van der Waals surface area contributed by atoms with Crippen LogP contribution in [0.3, 0.4) is 0 Å². The van der Waals surface area contributed by atoms with Gasteiger partial charge in [-0.05, 0) is 74.4 Å². The van der Waals surface area contributed by atoms with Crippen LogP contribution in [0.15, 0.2) is 111 Å². The van der Waals surface area contributed by atoms with Crippen molar-refractivity contribution in [2.24, 2.45) is 0 Å². The Morgan fingerprint density at radius 3 is 1.88 bits per heavy atom. The third-order valence-electron chi connectivity index (χ3n) is 13.7. The number of hydrogen-bond acceptors (Lipinski definition) is 14. The van der Waals surface area contributed by atoms with Crippen molar-refractivity contribution >= 4 is 57.9 Å².